The number of hydrogen-bond donors (Lipinski definition) is 0. The van der Waals surface area contributed by atoms with Crippen LogP contribution in [-0.4, -0.2) is 15.0 Å². The molecule has 4 aromatic heterocycles. The van der Waals surface area contributed by atoms with E-state index >= 15 is 0 Å². The SMILES string of the molecule is c1ccc(-c2cc(-c3cccc(-c4ccncc4)c3)nc(-c3ccc(-c4cccc5sc6ccccc6c45)c4oc5ccccc5c34)n2)cc1. The Bertz CT molecular complexity index is 2870. The summed E-state index contributed by atoms with van der Waals surface area (Å²) in [7, 11) is 0. The third-order valence-corrected chi connectivity index (χ3v) is 10.6. The van der Waals surface area contributed by atoms with Crippen molar-refractivity contribution in [3.8, 4) is 56.2 Å². The topological polar surface area (TPSA) is 51.8 Å². The van der Waals surface area contributed by atoms with Crippen molar-refractivity contribution in [3.63, 3.8) is 0 Å². The molecule has 0 bridgehead atoms. The minimum Gasteiger partial charge on any atom is -0.455 e. The first kappa shape index (κ1) is 28.6. The smallest absolute Gasteiger partial charge is 0.161 e. The molecule has 0 saturated heterocycles. The predicted octanol–water partition coefficient (Wildman–Crippen LogP) is 12.5. The second-order valence-electron chi connectivity index (χ2n) is 12.4. The Morgan fingerprint density at radius 2 is 1.12 bits per heavy atom. The largest absolute Gasteiger partial charge is 0.455 e. The lowest BCUT2D eigenvalue weighted by Gasteiger charge is -2.12. The van der Waals surface area contributed by atoms with Gasteiger partial charge < -0.3 is 4.42 Å². The van der Waals surface area contributed by atoms with Gasteiger partial charge >= 0.3 is 0 Å². The van der Waals surface area contributed by atoms with Crippen LogP contribution in [0.15, 0.2) is 168 Å². The summed E-state index contributed by atoms with van der Waals surface area (Å²) in [6.45, 7) is 0. The first-order valence-electron chi connectivity index (χ1n) is 16.6. The van der Waals surface area contributed by atoms with Crippen molar-refractivity contribution in [2.45, 2.75) is 0 Å². The molecule has 0 aliphatic heterocycles. The molecular formula is C45H27N3OS. The van der Waals surface area contributed by atoms with Gasteiger partial charge in [-0.2, -0.15) is 0 Å². The van der Waals surface area contributed by atoms with E-state index in [-0.39, 0.29) is 0 Å². The molecule has 50 heavy (non-hydrogen) atoms. The standard InChI is InChI=1S/C45H27N3OS/c1-2-10-29(11-3-1)37-27-38(31-13-8-12-30(26-31)28-22-24-46-25-23-28)48-45(47-37)36-21-20-33(44-43(36)34-14-4-6-17-39(34)49-44)32-16-9-19-41-42(32)35-15-5-7-18-40(35)50-41/h1-27H. The van der Waals surface area contributed by atoms with Crippen LogP contribution in [0.2, 0.25) is 0 Å². The number of furan rings is 1. The van der Waals surface area contributed by atoms with E-state index in [0.717, 1.165) is 72.3 Å². The Morgan fingerprint density at radius 3 is 2.00 bits per heavy atom. The number of aromatic nitrogens is 3. The lowest BCUT2D eigenvalue weighted by molar-refractivity contribution is 0.670. The number of rotatable bonds is 5. The Morgan fingerprint density at radius 1 is 0.440 bits per heavy atom. The molecule has 6 aromatic carbocycles. The molecule has 0 atom stereocenters. The lowest BCUT2D eigenvalue weighted by atomic mass is 9.95. The summed E-state index contributed by atoms with van der Waals surface area (Å²) in [5.74, 6) is 0.651. The van der Waals surface area contributed by atoms with E-state index in [1.807, 2.05) is 66.2 Å². The summed E-state index contributed by atoms with van der Waals surface area (Å²) in [6, 6.07) is 52.8. The molecule has 0 N–H and O–H groups in total. The number of hydrogen-bond acceptors (Lipinski definition) is 5. The van der Waals surface area contributed by atoms with E-state index in [2.05, 4.69) is 114 Å². The van der Waals surface area contributed by atoms with Crippen LogP contribution in [0, 0.1) is 0 Å². The van der Waals surface area contributed by atoms with Crippen LogP contribution in [0.1, 0.15) is 0 Å². The van der Waals surface area contributed by atoms with Crippen LogP contribution >= 0.6 is 11.3 Å². The van der Waals surface area contributed by atoms with Crippen LogP contribution in [0.25, 0.3) is 98.3 Å². The van der Waals surface area contributed by atoms with E-state index in [4.69, 9.17) is 14.4 Å². The van der Waals surface area contributed by atoms with Gasteiger partial charge in [0.05, 0.1) is 11.4 Å². The molecule has 0 saturated carbocycles. The molecule has 5 heteroatoms. The monoisotopic (exact) mass is 657 g/mol. The number of para-hydroxylation sites is 1. The van der Waals surface area contributed by atoms with Crippen molar-refractivity contribution < 1.29 is 4.42 Å². The second kappa shape index (κ2) is 11.6. The van der Waals surface area contributed by atoms with Crippen LogP contribution in [0.3, 0.4) is 0 Å². The van der Waals surface area contributed by atoms with Gasteiger partial charge in [-0.15, -0.1) is 11.3 Å². The molecule has 4 nitrogen and oxygen atoms in total. The van der Waals surface area contributed by atoms with Gasteiger partial charge in [0, 0.05) is 65.6 Å². The van der Waals surface area contributed by atoms with Gasteiger partial charge in [-0.05, 0) is 71.3 Å². The van der Waals surface area contributed by atoms with Crippen LogP contribution in [-0.2, 0) is 0 Å². The highest BCUT2D eigenvalue weighted by molar-refractivity contribution is 7.25. The average molecular weight is 658 g/mol. The maximum Gasteiger partial charge on any atom is 0.161 e. The highest BCUT2D eigenvalue weighted by Gasteiger charge is 2.22. The van der Waals surface area contributed by atoms with Crippen LogP contribution in [0.5, 0.6) is 0 Å². The number of fused-ring (bicyclic) bond motifs is 6. The van der Waals surface area contributed by atoms with E-state index in [9.17, 15) is 0 Å². The Labute approximate surface area is 292 Å². The molecule has 4 heterocycles. The average Bonchev–Trinajstić information content (AvgIpc) is 3.77. The van der Waals surface area contributed by atoms with Crippen molar-refractivity contribution >= 4 is 53.4 Å². The molecule has 10 rings (SSSR count). The number of thiophene rings is 1. The van der Waals surface area contributed by atoms with Crippen molar-refractivity contribution in [2.24, 2.45) is 0 Å². The van der Waals surface area contributed by atoms with Crippen molar-refractivity contribution in [3.05, 3.63) is 164 Å². The van der Waals surface area contributed by atoms with Gasteiger partial charge in [0.1, 0.15) is 11.2 Å². The number of benzene rings is 6. The Balaban J connectivity index is 1.23. The molecule has 0 spiro atoms. The zero-order valence-electron chi connectivity index (χ0n) is 26.7. The first-order chi connectivity index (χ1) is 24.8. The highest BCUT2D eigenvalue weighted by Crippen LogP contribution is 2.46. The minimum absolute atomic E-state index is 0.651. The molecular weight excluding hydrogens is 631 g/mol. The number of nitrogens with zero attached hydrogens (tertiary/aromatic N) is 3. The van der Waals surface area contributed by atoms with Crippen molar-refractivity contribution in [1.82, 2.24) is 15.0 Å². The molecule has 0 aliphatic carbocycles. The second-order valence-corrected chi connectivity index (χ2v) is 13.5. The number of pyridine rings is 1. The van der Waals surface area contributed by atoms with Crippen LogP contribution in [0.4, 0.5) is 0 Å². The highest BCUT2D eigenvalue weighted by atomic mass is 32.1. The van der Waals surface area contributed by atoms with Gasteiger partial charge in [0.2, 0.25) is 0 Å². The Hall–Kier alpha value is -6.43. The fourth-order valence-electron chi connectivity index (χ4n) is 7.10. The summed E-state index contributed by atoms with van der Waals surface area (Å²) >= 11 is 1.83. The van der Waals surface area contributed by atoms with E-state index < -0.39 is 0 Å². The van der Waals surface area contributed by atoms with E-state index in [1.165, 1.54) is 20.2 Å². The van der Waals surface area contributed by atoms with E-state index in [0.29, 0.717) is 5.82 Å². The predicted molar refractivity (Wildman–Crippen MR) is 207 cm³/mol. The van der Waals surface area contributed by atoms with Gasteiger partial charge in [-0.1, -0.05) is 97.1 Å². The van der Waals surface area contributed by atoms with Gasteiger partial charge in [0.15, 0.2) is 5.82 Å². The first-order valence-corrected chi connectivity index (χ1v) is 17.4. The lowest BCUT2D eigenvalue weighted by Crippen LogP contribution is -1.97. The van der Waals surface area contributed by atoms with Crippen molar-refractivity contribution in [2.75, 3.05) is 0 Å². The molecule has 0 aliphatic rings. The molecule has 10 aromatic rings. The quantitative estimate of drug-likeness (QED) is 0.185. The normalized spacial score (nSPS) is 11.6. The third-order valence-electron chi connectivity index (χ3n) is 9.43. The molecule has 0 radical (unpaired) electrons. The van der Waals surface area contributed by atoms with E-state index in [1.54, 1.807) is 0 Å². The van der Waals surface area contributed by atoms with Gasteiger partial charge in [-0.3, -0.25) is 4.98 Å². The summed E-state index contributed by atoms with van der Waals surface area (Å²) in [5, 5.41) is 4.56. The maximum absolute atomic E-state index is 6.77. The van der Waals surface area contributed by atoms with Crippen molar-refractivity contribution in [1.29, 1.82) is 0 Å². The summed E-state index contributed by atoms with van der Waals surface area (Å²) in [6.07, 6.45) is 3.65. The summed E-state index contributed by atoms with van der Waals surface area (Å²) < 4.78 is 9.31. The zero-order valence-corrected chi connectivity index (χ0v) is 27.6. The molecule has 0 unspecified atom stereocenters. The minimum atomic E-state index is 0.651. The van der Waals surface area contributed by atoms with Gasteiger partial charge in [-0.25, -0.2) is 9.97 Å². The fraction of sp³-hybridized carbons (Fsp3) is 0. The van der Waals surface area contributed by atoms with Gasteiger partial charge in [0.25, 0.3) is 0 Å². The molecule has 0 amide bonds. The summed E-state index contributed by atoms with van der Waals surface area (Å²) in [4.78, 5) is 14.7. The van der Waals surface area contributed by atoms with Crippen LogP contribution < -0.4 is 0 Å². The summed E-state index contributed by atoms with van der Waals surface area (Å²) in [5.41, 5.74) is 10.8. The molecule has 0 fully saturated rings. The third kappa shape index (κ3) is 4.71. The Kier molecular flexibility index (Phi) is 6.64. The zero-order chi connectivity index (χ0) is 33.0. The maximum atomic E-state index is 6.77. The fourth-order valence-corrected chi connectivity index (χ4v) is 8.23. The molecule has 234 valence electrons.